The fourth-order valence-corrected chi connectivity index (χ4v) is 6.56. The van der Waals surface area contributed by atoms with Gasteiger partial charge in [0.1, 0.15) is 5.75 Å². The molecule has 1 N–H and O–H groups in total. The van der Waals surface area contributed by atoms with E-state index in [9.17, 15) is 8.42 Å². The first kappa shape index (κ1) is 24.8. The summed E-state index contributed by atoms with van der Waals surface area (Å²) in [5, 5.41) is 0. The summed E-state index contributed by atoms with van der Waals surface area (Å²) in [6.07, 6.45) is 6.27. The number of rotatable bonds is 10. The molecule has 1 aromatic carbocycles. The van der Waals surface area contributed by atoms with Crippen LogP contribution >= 0.6 is 0 Å². The van der Waals surface area contributed by atoms with Gasteiger partial charge in [0, 0.05) is 24.6 Å². The van der Waals surface area contributed by atoms with E-state index in [1.165, 1.54) is 11.6 Å². The first-order valence-corrected chi connectivity index (χ1v) is 13.8. The number of benzene rings is 1. The van der Waals surface area contributed by atoms with E-state index in [2.05, 4.69) is 29.7 Å². The van der Waals surface area contributed by atoms with Gasteiger partial charge in [-0.2, -0.15) is 0 Å². The number of likely N-dealkylation sites (tertiary alicyclic amines) is 1. The molecule has 2 heterocycles. The lowest BCUT2D eigenvalue weighted by atomic mass is 9.92. The second-order valence-electron chi connectivity index (χ2n) is 10.3. The minimum Gasteiger partial charge on any atom is -0.492 e. The Bertz CT molecular complexity index is 1150. The minimum atomic E-state index is -3.85. The van der Waals surface area contributed by atoms with Gasteiger partial charge >= 0.3 is 0 Å². The molecule has 2 aliphatic heterocycles. The van der Waals surface area contributed by atoms with E-state index in [0.717, 1.165) is 60.5 Å². The second kappa shape index (κ2) is 9.74. The third-order valence-electron chi connectivity index (χ3n) is 7.18. The van der Waals surface area contributed by atoms with Crippen molar-refractivity contribution in [3.8, 4) is 5.75 Å². The number of sulfonamides is 1. The Morgan fingerprint density at radius 3 is 2.62 bits per heavy atom. The normalized spacial score (nSPS) is 22.4. The summed E-state index contributed by atoms with van der Waals surface area (Å²) < 4.78 is 36.2. The van der Waals surface area contributed by atoms with Crippen LogP contribution in [0.5, 0.6) is 5.75 Å². The molecule has 1 aliphatic carbocycles. The highest BCUT2D eigenvalue weighted by Crippen LogP contribution is 2.56. The topological polar surface area (TPSA) is 58.6 Å². The number of hydrogen-bond acceptors (Lipinski definition) is 4. The van der Waals surface area contributed by atoms with Gasteiger partial charge in [0.05, 0.1) is 17.2 Å². The van der Waals surface area contributed by atoms with Gasteiger partial charge in [0.15, 0.2) is 0 Å². The fourth-order valence-electron chi connectivity index (χ4n) is 5.26. The van der Waals surface area contributed by atoms with E-state index in [4.69, 9.17) is 4.74 Å². The summed E-state index contributed by atoms with van der Waals surface area (Å²) in [7, 11) is -3.85. The monoisotopic (exact) mass is 482 g/mol. The Kier molecular flexibility index (Phi) is 7.11. The lowest BCUT2D eigenvalue weighted by Crippen LogP contribution is -2.46. The van der Waals surface area contributed by atoms with Crippen molar-refractivity contribution in [2.24, 2.45) is 11.8 Å². The number of nitrogens with zero attached hydrogens (tertiary/aromatic N) is 1. The maximum absolute atomic E-state index is 13.6. The molecule has 0 bridgehead atoms. The molecule has 2 atom stereocenters. The maximum atomic E-state index is 13.6. The standard InChI is InChI=1S/C28H38N2O3S/c1-7-26(21(13-18(3)4)10-9-20-15-30(8-2)16-20)34(31,32)29-25-12-11-23-24-14-22(24)17-33-28(23)27(25)19(5)6/h7,11-13,20,22,24,29H,1,5,8-10,14-17H2,2-4,6H3/b26-21+. The van der Waals surface area contributed by atoms with E-state index < -0.39 is 10.0 Å². The molecule has 2 fully saturated rings. The zero-order chi connectivity index (χ0) is 24.6. The first-order chi connectivity index (χ1) is 16.1. The Morgan fingerprint density at radius 2 is 2.00 bits per heavy atom. The van der Waals surface area contributed by atoms with Crippen molar-refractivity contribution < 1.29 is 13.2 Å². The molecular weight excluding hydrogens is 444 g/mol. The molecule has 0 radical (unpaired) electrons. The molecule has 6 heteroatoms. The van der Waals surface area contributed by atoms with Gasteiger partial charge in [0.25, 0.3) is 10.0 Å². The van der Waals surface area contributed by atoms with Crippen LogP contribution in [0.15, 0.2) is 53.5 Å². The number of ether oxygens (including phenoxy) is 1. The van der Waals surface area contributed by atoms with Crippen LogP contribution in [-0.4, -0.2) is 39.6 Å². The van der Waals surface area contributed by atoms with Crippen LogP contribution in [0.1, 0.15) is 64.0 Å². The zero-order valence-corrected chi connectivity index (χ0v) is 21.8. The van der Waals surface area contributed by atoms with Crippen molar-refractivity contribution in [2.75, 3.05) is 31.0 Å². The number of nitrogens with one attached hydrogen (secondary N) is 1. The van der Waals surface area contributed by atoms with Gasteiger partial charge in [-0.3, -0.25) is 4.72 Å². The number of hydrogen-bond donors (Lipinski definition) is 1. The van der Waals surface area contributed by atoms with Crippen molar-refractivity contribution >= 4 is 21.3 Å². The highest BCUT2D eigenvalue weighted by atomic mass is 32.2. The molecule has 1 aromatic rings. The third-order valence-corrected chi connectivity index (χ3v) is 8.68. The molecule has 1 saturated heterocycles. The average molecular weight is 483 g/mol. The van der Waals surface area contributed by atoms with Gasteiger partial charge < -0.3 is 9.64 Å². The predicted molar refractivity (Wildman–Crippen MR) is 142 cm³/mol. The van der Waals surface area contributed by atoms with Gasteiger partial charge in [-0.25, -0.2) is 8.42 Å². The van der Waals surface area contributed by atoms with Crippen LogP contribution in [0.25, 0.3) is 5.57 Å². The van der Waals surface area contributed by atoms with Crippen LogP contribution in [-0.2, 0) is 10.0 Å². The highest BCUT2D eigenvalue weighted by molar-refractivity contribution is 7.96. The van der Waals surface area contributed by atoms with E-state index in [-0.39, 0.29) is 4.91 Å². The van der Waals surface area contributed by atoms with Crippen LogP contribution in [0.4, 0.5) is 5.69 Å². The number of allylic oxidation sites excluding steroid dienone is 5. The van der Waals surface area contributed by atoms with Crippen molar-refractivity contribution in [3.63, 3.8) is 0 Å². The van der Waals surface area contributed by atoms with E-state index in [0.29, 0.717) is 36.5 Å². The van der Waals surface area contributed by atoms with Crippen molar-refractivity contribution in [3.05, 3.63) is 64.6 Å². The minimum absolute atomic E-state index is 0.244. The number of anilines is 1. The van der Waals surface area contributed by atoms with E-state index in [1.807, 2.05) is 39.0 Å². The van der Waals surface area contributed by atoms with Crippen molar-refractivity contribution in [1.82, 2.24) is 4.90 Å². The molecule has 1 saturated carbocycles. The Labute approximate surface area is 205 Å². The number of fused-ring (bicyclic) bond motifs is 3. The van der Waals surface area contributed by atoms with Gasteiger partial charge in [0.2, 0.25) is 0 Å². The first-order valence-electron chi connectivity index (χ1n) is 12.4. The molecule has 0 spiro atoms. The molecule has 34 heavy (non-hydrogen) atoms. The zero-order valence-electron chi connectivity index (χ0n) is 21.0. The van der Waals surface area contributed by atoms with Crippen LogP contribution in [0, 0.1) is 11.8 Å². The van der Waals surface area contributed by atoms with E-state index >= 15 is 0 Å². The second-order valence-corrected chi connectivity index (χ2v) is 11.9. The molecule has 5 nitrogen and oxygen atoms in total. The predicted octanol–water partition coefficient (Wildman–Crippen LogP) is 6.10. The maximum Gasteiger partial charge on any atom is 0.262 e. The van der Waals surface area contributed by atoms with Gasteiger partial charge in [-0.15, -0.1) is 0 Å². The fraction of sp³-hybridized carbons (Fsp3) is 0.500. The summed E-state index contributed by atoms with van der Waals surface area (Å²) >= 11 is 0. The molecule has 2 unspecified atom stereocenters. The summed E-state index contributed by atoms with van der Waals surface area (Å²) in [4.78, 5) is 2.65. The Morgan fingerprint density at radius 1 is 1.26 bits per heavy atom. The van der Waals surface area contributed by atoms with Crippen LogP contribution < -0.4 is 9.46 Å². The smallest absolute Gasteiger partial charge is 0.262 e. The summed E-state index contributed by atoms with van der Waals surface area (Å²) in [6, 6.07) is 3.87. The van der Waals surface area contributed by atoms with Gasteiger partial charge in [-0.05, 0) is 87.3 Å². The summed E-state index contributed by atoms with van der Waals surface area (Å²) in [5.74, 6) is 2.51. The SMILES string of the molecule is C=C/C(=C(\C=C(C)C)CCC1CN(CC)C1)S(=O)(=O)Nc1ccc2c(c1C(=C)C)OCC1CC21. The summed E-state index contributed by atoms with van der Waals surface area (Å²) in [6.45, 7) is 20.0. The van der Waals surface area contributed by atoms with Crippen LogP contribution in [0.3, 0.4) is 0 Å². The molecule has 3 aliphatic rings. The van der Waals surface area contributed by atoms with Crippen molar-refractivity contribution in [1.29, 1.82) is 0 Å². The Balaban J connectivity index is 1.64. The van der Waals surface area contributed by atoms with Crippen molar-refractivity contribution in [2.45, 2.75) is 52.9 Å². The third kappa shape index (κ3) is 5.03. The molecular formula is C28H38N2O3S. The van der Waals surface area contributed by atoms with Crippen LogP contribution in [0.2, 0.25) is 0 Å². The quantitative estimate of drug-likeness (QED) is 0.410. The van der Waals surface area contributed by atoms with Gasteiger partial charge in [-0.1, -0.05) is 37.8 Å². The molecule has 184 valence electrons. The summed E-state index contributed by atoms with van der Waals surface area (Å²) in [5.41, 5.74) is 5.10. The average Bonchev–Trinajstić information content (AvgIpc) is 3.51. The highest BCUT2D eigenvalue weighted by Gasteiger charge is 2.44. The van der Waals surface area contributed by atoms with E-state index in [1.54, 1.807) is 0 Å². The lowest BCUT2D eigenvalue weighted by molar-refractivity contribution is 0.102. The molecule has 0 aromatic heterocycles. The Hall–Kier alpha value is -2.31. The molecule has 0 amide bonds. The molecule has 4 rings (SSSR count). The lowest BCUT2D eigenvalue weighted by Gasteiger charge is -2.38. The largest absolute Gasteiger partial charge is 0.492 e.